The third-order valence-electron chi connectivity index (χ3n) is 2.79. The van der Waals surface area contributed by atoms with Crippen LogP contribution in [-0.2, 0) is 19.3 Å². The number of benzene rings is 1. The van der Waals surface area contributed by atoms with Gasteiger partial charge in [-0.2, -0.15) is 13.2 Å². The van der Waals surface area contributed by atoms with E-state index in [2.05, 4.69) is 5.32 Å². The molecule has 2 aromatic rings. The van der Waals surface area contributed by atoms with E-state index >= 15 is 0 Å². The Morgan fingerprint density at radius 2 is 2.00 bits per heavy atom. The van der Waals surface area contributed by atoms with Crippen molar-refractivity contribution in [1.29, 1.82) is 0 Å². The van der Waals surface area contributed by atoms with Crippen molar-refractivity contribution in [3.8, 4) is 0 Å². The molecule has 7 heteroatoms. The van der Waals surface area contributed by atoms with Crippen LogP contribution in [0.1, 0.15) is 27.4 Å². The van der Waals surface area contributed by atoms with Crippen molar-refractivity contribution in [2.75, 3.05) is 0 Å². The number of carbonyl (C=O) groups is 1. The fraction of sp³-hybridized carbons (Fsp3) is 0.214. The largest absolute Gasteiger partial charge is 0.455 e. The van der Waals surface area contributed by atoms with Gasteiger partial charge in [-0.25, -0.2) is 0 Å². The number of carbonyl (C=O) groups excluding carboxylic acids is 1. The van der Waals surface area contributed by atoms with Gasteiger partial charge in [0.1, 0.15) is 5.76 Å². The zero-order valence-corrected chi connectivity index (χ0v) is 10.9. The van der Waals surface area contributed by atoms with Crippen LogP contribution < -0.4 is 11.1 Å². The molecule has 1 aromatic carbocycles. The summed E-state index contributed by atoms with van der Waals surface area (Å²) < 4.78 is 42.8. The van der Waals surface area contributed by atoms with Crippen molar-refractivity contribution in [1.82, 2.24) is 5.32 Å². The van der Waals surface area contributed by atoms with E-state index in [4.69, 9.17) is 10.2 Å². The van der Waals surface area contributed by atoms with Crippen molar-refractivity contribution in [3.63, 3.8) is 0 Å². The third kappa shape index (κ3) is 3.85. The Balaban J connectivity index is 2.01. The molecule has 0 spiro atoms. The number of nitrogens with two attached hydrogens (primary N) is 1. The molecule has 0 aliphatic rings. The molecular formula is C14H13F3N2O2. The van der Waals surface area contributed by atoms with E-state index in [0.29, 0.717) is 11.3 Å². The zero-order valence-electron chi connectivity index (χ0n) is 10.9. The van der Waals surface area contributed by atoms with Crippen LogP contribution in [0.25, 0.3) is 0 Å². The lowest BCUT2D eigenvalue weighted by Gasteiger charge is -2.09. The summed E-state index contributed by atoms with van der Waals surface area (Å²) in [6.45, 7) is 0.141. The van der Waals surface area contributed by atoms with Gasteiger partial charge in [0.2, 0.25) is 0 Å². The fourth-order valence-corrected chi connectivity index (χ4v) is 1.74. The molecule has 0 aliphatic heterocycles. The molecule has 4 nitrogen and oxygen atoms in total. The number of nitrogens with one attached hydrogen (secondary N) is 1. The SMILES string of the molecule is NCc1ccc(C(=O)NCc2cccc(C(F)(F)F)c2)o1. The first-order valence-corrected chi connectivity index (χ1v) is 6.13. The molecule has 0 bridgehead atoms. The molecule has 0 saturated heterocycles. The summed E-state index contributed by atoms with van der Waals surface area (Å²) in [5.41, 5.74) is 4.95. The summed E-state index contributed by atoms with van der Waals surface area (Å²) in [5.74, 6) is 0.0220. The molecule has 1 amide bonds. The van der Waals surface area contributed by atoms with Crippen LogP contribution in [0.5, 0.6) is 0 Å². The molecule has 0 aliphatic carbocycles. The van der Waals surface area contributed by atoms with Gasteiger partial charge in [0.25, 0.3) is 5.91 Å². The molecule has 0 radical (unpaired) electrons. The second-order valence-corrected chi connectivity index (χ2v) is 4.35. The summed E-state index contributed by atoms with van der Waals surface area (Å²) in [4.78, 5) is 11.8. The number of rotatable bonds is 4. The van der Waals surface area contributed by atoms with Gasteiger partial charge in [0.05, 0.1) is 12.1 Å². The molecule has 3 N–H and O–H groups in total. The Morgan fingerprint density at radius 3 is 2.62 bits per heavy atom. The Bertz CT molecular complexity index is 635. The van der Waals surface area contributed by atoms with E-state index < -0.39 is 17.6 Å². The topological polar surface area (TPSA) is 68.3 Å². The Labute approximate surface area is 118 Å². The minimum absolute atomic E-state index is 0.0264. The molecule has 0 atom stereocenters. The molecule has 1 heterocycles. The van der Waals surface area contributed by atoms with Crippen LogP contribution in [0.3, 0.4) is 0 Å². The predicted molar refractivity (Wildman–Crippen MR) is 69.2 cm³/mol. The Hall–Kier alpha value is -2.28. The summed E-state index contributed by atoms with van der Waals surface area (Å²) in [6.07, 6.45) is -4.41. The lowest BCUT2D eigenvalue weighted by atomic mass is 10.1. The van der Waals surface area contributed by atoms with E-state index in [-0.39, 0.29) is 18.8 Å². The number of hydrogen-bond acceptors (Lipinski definition) is 3. The summed E-state index contributed by atoms with van der Waals surface area (Å²) in [6, 6.07) is 7.80. The first-order chi connectivity index (χ1) is 9.90. The van der Waals surface area contributed by atoms with Crippen molar-refractivity contribution < 1.29 is 22.4 Å². The number of hydrogen-bond donors (Lipinski definition) is 2. The maximum atomic E-state index is 12.6. The average molecular weight is 298 g/mol. The number of furan rings is 1. The van der Waals surface area contributed by atoms with Gasteiger partial charge >= 0.3 is 6.18 Å². The molecule has 21 heavy (non-hydrogen) atoms. The minimum atomic E-state index is -4.41. The van der Waals surface area contributed by atoms with Crippen molar-refractivity contribution in [3.05, 3.63) is 59.0 Å². The van der Waals surface area contributed by atoms with Gasteiger partial charge in [-0.15, -0.1) is 0 Å². The first-order valence-electron chi connectivity index (χ1n) is 6.13. The monoisotopic (exact) mass is 298 g/mol. The normalized spacial score (nSPS) is 11.4. The number of halogens is 3. The van der Waals surface area contributed by atoms with Crippen LogP contribution in [0.15, 0.2) is 40.8 Å². The fourth-order valence-electron chi connectivity index (χ4n) is 1.74. The highest BCUT2D eigenvalue weighted by molar-refractivity contribution is 5.91. The van der Waals surface area contributed by atoms with Crippen molar-refractivity contribution >= 4 is 5.91 Å². The lowest BCUT2D eigenvalue weighted by Crippen LogP contribution is -2.22. The second kappa shape index (κ2) is 6.01. The molecule has 0 fully saturated rings. The van der Waals surface area contributed by atoms with E-state index in [1.54, 1.807) is 6.07 Å². The zero-order chi connectivity index (χ0) is 15.5. The number of amides is 1. The van der Waals surface area contributed by atoms with Gasteiger partial charge in [-0.3, -0.25) is 4.79 Å². The number of alkyl halides is 3. The molecular weight excluding hydrogens is 285 g/mol. The smallest absolute Gasteiger partial charge is 0.416 e. The highest BCUT2D eigenvalue weighted by atomic mass is 19.4. The van der Waals surface area contributed by atoms with Crippen molar-refractivity contribution in [2.24, 2.45) is 5.73 Å². The highest BCUT2D eigenvalue weighted by Gasteiger charge is 2.30. The van der Waals surface area contributed by atoms with Crippen LogP contribution >= 0.6 is 0 Å². The maximum absolute atomic E-state index is 12.6. The third-order valence-corrected chi connectivity index (χ3v) is 2.79. The minimum Gasteiger partial charge on any atom is -0.455 e. The van der Waals surface area contributed by atoms with Crippen LogP contribution in [0.4, 0.5) is 13.2 Å². The Morgan fingerprint density at radius 1 is 1.24 bits per heavy atom. The predicted octanol–water partition coefficient (Wildman–Crippen LogP) is 2.69. The lowest BCUT2D eigenvalue weighted by molar-refractivity contribution is -0.137. The van der Waals surface area contributed by atoms with Gasteiger partial charge in [0, 0.05) is 6.54 Å². The van der Waals surface area contributed by atoms with Gasteiger partial charge < -0.3 is 15.5 Å². The van der Waals surface area contributed by atoms with Gasteiger partial charge in [0.15, 0.2) is 5.76 Å². The Kier molecular flexibility index (Phi) is 4.32. The first kappa shape index (κ1) is 15.1. The van der Waals surface area contributed by atoms with E-state index in [0.717, 1.165) is 12.1 Å². The van der Waals surface area contributed by atoms with Crippen LogP contribution in [0, 0.1) is 0 Å². The average Bonchev–Trinajstić information content (AvgIpc) is 2.93. The standard InChI is InChI=1S/C14H13F3N2O2/c15-14(16,17)10-3-1-2-9(6-10)8-19-13(20)12-5-4-11(7-18)21-12/h1-6H,7-8,18H2,(H,19,20). The maximum Gasteiger partial charge on any atom is 0.416 e. The summed E-state index contributed by atoms with van der Waals surface area (Å²) in [7, 11) is 0. The van der Waals surface area contributed by atoms with Crippen LogP contribution in [-0.4, -0.2) is 5.91 Å². The molecule has 0 unspecified atom stereocenters. The summed E-state index contributed by atoms with van der Waals surface area (Å²) >= 11 is 0. The van der Waals surface area contributed by atoms with Gasteiger partial charge in [-0.05, 0) is 29.8 Å². The van der Waals surface area contributed by atoms with Gasteiger partial charge in [-0.1, -0.05) is 12.1 Å². The van der Waals surface area contributed by atoms with Crippen LogP contribution in [0.2, 0.25) is 0 Å². The van der Waals surface area contributed by atoms with E-state index in [1.165, 1.54) is 18.2 Å². The molecule has 2 rings (SSSR count). The highest BCUT2D eigenvalue weighted by Crippen LogP contribution is 2.29. The molecule has 112 valence electrons. The molecule has 0 saturated carbocycles. The van der Waals surface area contributed by atoms with E-state index in [1.807, 2.05) is 0 Å². The quantitative estimate of drug-likeness (QED) is 0.912. The summed E-state index contributed by atoms with van der Waals surface area (Å²) in [5, 5.41) is 2.49. The van der Waals surface area contributed by atoms with E-state index in [9.17, 15) is 18.0 Å². The molecule has 1 aromatic heterocycles. The second-order valence-electron chi connectivity index (χ2n) is 4.35. The van der Waals surface area contributed by atoms with Crippen molar-refractivity contribution in [2.45, 2.75) is 19.3 Å².